The molecule has 3 rings (SSSR count). The summed E-state index contributed by atoms with van der Waals surface area (Å²) in [6.07, 6.45) is 0. The number of nitrogens with two attached hydrogens (primary N) is 1. The Bertz CT molecular complexity index is 986. The second-order valence-electron chi connectivity index (χ2n) is 5.62. The molecule has 25 heavy (non-hydrogen) atoms. The van der Waals surface area contributed by atoms with E-state index in [9.17, 15) is 4.79 Å². The number of nitrogens with zero attached hydrogens (tertiary/aromatic N) is 1. The highest BCUT2D eigenvalue weighted by Crippen LogP contribution is 2.30. The van der Waals surface area contributed by atoms with Crippen molar-refractivity contribution in [2.45, 2.75) is 13.8 Å². The Morgan fingerprint density at radius 3 is 2.36 bits per heavy atom. The van der Waals surface area contributed by atoms with Gasteiger partial charge >= 0.3 is 0 Å². The number of hydrogen-bond donors (Lipinski definition) is 2. The minimum absolute atomic E-state index is 0.263. The number of hydrogen-bond acceptors (Lipinski definition) is 4. The van der Waals surface area contributed by atoms with Gasteiger partial charge in [0.2, 0.25) is 0 Å². The molecule has 1 heterocycles. The van der Waals surface area contributed by atoms with Crippen LogP contribution in [0.25, 0.3) is 5.69 Å². The highest BCUT2D eigenvalue weighted by Gasteiger charge is 2.20. The first-order chi connectivity index (χ1) is 11.9. The molecule has 128 valence electrons. The van der Waals surface area contributed by atoms with Crippen LogP contribution in [0.5, 0.6) is 0 Å². The SMILES string of the molecule is Cc1cccc(C)c1-n1c(N)c(C(=O)Nc2ccc(Br)cc2)sc1=S. The molecule has 0 saturated carbocycles. The number of rotatable bonds is 3. The molecule has 0 aliphatic rings. The van der Waals surface area contributed by atoms with Crippen molar-refractivity contribution in [2.24, 2.45) is 0 Å². The summed E-state index contributed by atoms with van der Waals surface area (Å²) in [5.74, 6) is 0.0999. The maximum Gasteiger partial charge on any atom is 0.269 e. The van der Waals surface area contributed by atoms with E-state index in [0.29, 0.717) is 20.3 Å². The van der Waals surface area contributed by atoms with Crippen molar-refractivity contribution < 1.29 is 4.79 Å². The molecule has 3 N–H and O–H groups in total. The fraction of sp³-hybridized carbons (Fsp3) is 0.111. The van der Waals surface area contributed by atoms with Gasteiger partial charge in [0.1, 0.15) is 10.7 Å². The topological polar surface area (TPSA) is 60.0 Å². The molecule has 1 amide bonds. The van der Waals surface area contributed by atoms with Crippen LogP contribution in [0.4, 0.5) is 11.5 Å². The third-order valence-electron chi connectivity index (χ3n) is 3.82. The number of amides is 1. The van der Waals surface area contributed by atoms with Gasteiger partial charge in [0.05, 0.1) is 5.69 Å². The van der Waals surface area contributed by atoms with Crippen LogP contribution in [0.15, 0.2) is 46.9 Å². The standard InChI is InChI=1S/C18H16BrN3OS2/c1-10-4-3-5-11(2)14(10)22-16(20)15(25-18(22)24)17(23)21-13-8-6-12(19)7-9-13/h3-9H,20H2,1-2H3,(H,21,23). The predicted molar refractivity (Wildman–Crippen MR) is 110 cm³/mol. The third-order valence-corrected chi connectivity index (χ3v) is 5.73. The van der Waals surface area contributed by atoms with Gasteiger partial charge in [-0.1, -0.05) is 45.5 Å². The highest BCUT2D eigenvalue weighted by molar-refractivity contribution is 9.10. The van der Waals surface area contributed by atoms with Crippen LogP contribution in [-0.4, -0.2) is 10.5 Å². The van der Waals surface area contributed by atoms with Crippen LogP contribution in [0, 0.1) is 17.8 Å². The number of para-hydroxylation sites is 1. The van der Waals surface area contributed by atoms with Crippen molar-refractivity contribution in [2.75, 3.05) is 11.1 Å². The summed E-state index contributed by atoms with van der Waals surface area (Å²) in [5.41, 5.74) is 10.0. The first-order valence-electron chi connectivity index (χ1n) is 7.53. The van der Waals surface area contributed by atoms with Gasteiger partial charge in [0.25, 0.3) is 5.91 Å². The van der Waals surface area contributed by atoms with E-state index in [1.807, 2.05) is 56.3 Å². The minimum atomic E-state index is -0.263. The van der Waals surface area contributed by atoms with E-state index in [-0.39, 0.29) is 5.91 Å². The zero-order valence-corrected chi connectivity index (χ0v) is 16.9. The highest BCUT2D eigenvalue weighted by atomic mass is 79.9. The number of nitrogen functional groups attached to an aromatic ring is 1. The molecule has 0 bridgehead atoms. The molecule has 0 atom stereocenters. The van der Waals surface area contributed by atoms with Gasteiger partial charge in [-0.3, -0.25) is 9.36 Å². The van der Waals surface area contributed by atoms with Crippen molar-refractivity contribution >= 4 is 56.9 Å². The Morgan fingerprint density at radius 1 is 1.16 bits per heavy atom. The van der Waals surface area contributed by atoms with Gasteiger partial charge in [-0.05, 0) is 61.5 Å². The maximum atomic E-state index is 12.6. The van der Waals surface area contributed by atoms with Crippen LogP contribution in [0.1, 0.15) is 20.8 Å². The Morgan fingerprint density at radius 2 is 1.76 bits per heavy atom. The second kappa shape index (κ2) is 7.11. The van der Waals surface area contributed by atoms with Crippen molar-refractivity contribution in [3.8, 4) is 5.69 Å². The summed E-state index contributed by atoms with van der Waals surface area (Å²) < 4.78 is 3.28. The average Bonchev–Trinajstić information content (AvgIpc) is 2.85. The van der Waals surface area contributed by atoms with Gasteiger partial charge in [-0.25, -0.2) is 0 Å². The van der Waals surface area contributed by atoms with Gasteiger partial charge in [0.15, 0.2) is 3.95 Å². The summed E-state index contributed by atoms with van der Waals surface area (Å²) in [5, 5.41) is 2.86. The fourth-order valence-electron chi connectivity index (χ4n) is 2.64. The van der Waals surface area contributed by atoms with E-state index in [1.165, 1.54) is 11.3 Å². The zero-order valence-electron chi connectivity index (χ0n) is 13.7. The Labute approximate surface area is 163 Å². The lowest BCUT2D eigenvalue weighted by atomic mass is 10.1. The van der Waals surface area contributed by atoms with Crippen LogP contribution >= 0.6 is 39.5 Å². The Kier molecular flexibility index (Phi) is 5.08. The van der Waals surface area contributed by atoms with Crippen molar-refractivity contribution in [3.05, 3.63) is 66.9 Å². The Balaban J connectivity index is 2.01. The molecule has 0 unspecified atom stereocenters. The normalized spacial score (nSPS) is 10.7. The van der Waals surface area contributed by atoms with Crippen molar-refractivity contribution in [3.63, 3.8) is 0 Å². The molecule has 7 heteroatoms. The monoisotopic (exact) mass is 433 g/mol. The van der Waals surface area contributed by atoms with E-state index < -0.39 is 0 Å². The molecule has 0 aliphatic heterocycles. The lowest BCUT2D eigenvalue weighted by Crippen LogP contribution is -2.14. The molecule has 1 aromatic heterocycles. The fourth-order valence-corrected chi connectivity index (χ4v) is 4.14. The summed E-state index contributed by atoms with van der Waals surface area (Å²) in [6, 6.07) is 13.4. The maximum absolute atomic E-state index is 12.6. The largest absolute Gasteiger partial charge is 0.383 e. The lowest BCUT2D eigenvalue weighted by molar-refractivity contribution is 0.103. The summed E-state index contributed by atoms with van der Waals surface area (Å²) in [6.45, 7) is 4.01. The van der Waals surface area contributed by atoms with Crippen molar-refractivity contribution in [1.29, 1.82) is 0 Å². The molecule has 0 saturated heterocycles. The number of anilines is 2. The second-order valence-corrected chi connectivity index (χ2v) is 8.18. The quantitative estimate of drug-likeness (QED) is 0.537. The average molecular weight is 434 g/mol. The molecule has 3 aromatic rings. The molecule has 0 aliphatic carbocycles. The third kappa shape index (κ3) is 3.53. The number of carbonyl (C=O) groups excluding carboxylic acids is 1. The molecular weight excluding hydrogens is 418 g/mol. The summed E-state index contributed by atoms with van der Waals surface area (Å²) in [4.78, 5) is 13.0. The number of nitrogens with one attached hydrogen (secondary N) is 1. The van der Waals surface area contributed by atoms with E-state index in [4.69, 9.17) is 18.0 Å². The van der Waals surface area contributed by atoms with E-state index in [1.54, 1.807) is 4.57 Å². The van der Waals surface area contributed by atoms with Crippen LogP contribution in [-0.2, 0) is 0 Å². The molecule has 2 aromatic carbocycles. The Hall–Kier alpha value is -1.96. The number of aryl methyl sites for hydroxylation is 2. The lowest BCUT2D eigenvalue weighted by Gasteiger charge is -2.13. The zero-order chi connectivity index (χ0) is 18.1. The van der Waals surface area contributed by atoms with Crippen LogP contribution in [0.2, 0.25) is 0 Å². The molecular formula is C18H16BrN3OS2. The smallest absolute Gasteiger partial charge is 0.269 e. The van der Waals surface area contributed by atoms with Crippen molar-refractivity contribution in [1.82, 2.24) is 4.57 Å². The first kappa shape index (κ1) is 17.8. The number of thiazole rings is 1. The van der Waals surface area contributed by atoms with E-state index >= 15 is 0 Å². The van der Waals surface area contributed by atoms with E-state index in [0.717, 1.165) is 21.3 Å². The molecule has 0 fully saturated rings. The van der Waals surface area contributed by atoms with Gasteiger partial charge in [-0.15, -0.1) is 0 Å². The molecule has 0 spiro atoms. The molecule has 4 nitrogen and oxygen atoms in total. The number of carbonyl (C=O) groups is 1. The predicted octanol–water partition coefficient (Wildman–Crippen LogP) is 5.48. The van der Waals surface area contributed by atoms with Crippen LogP contribution < -0.4 is 11.1 Å². The van der Waals surface area contributed by atoms with E-state index in [2.05, 4.69) is 21.2 Å². The minimum Gasteiger partial charge on any atom is -0.383 e. The number of halogens is 1. The van der Waals surface area contributed by atoms with Gasteiger partial charge in [-0.2, -0.15) is 0 Å². The summed E-state index contributed by atoms with van der Waals surface area (Å²) >= 11 is 10.1. The van der Waals surface area contributed by atoms with Gasteiger partial charge < -0.3 is 11.1 Å². The first-order valence-corrected chi connectivity index (χ1v) is 9.55. The van der Waals surface area contributed by atoms with Gasteiger partial charge in [0, 0.05) is 10.2 Å². The molecule has 0 radical (unpaired) electrons. The number of benzene rings is 2. The van der Waals surface area contributed by atoms with Crippen LogP contribution in [0.3, 0.4) is 0 Å². The summed E-state index contributed by atoms with van der Waals surface area (Å²) in [7, 11) is 0. The number of aromatic nitrogens is 1.